The summed E-state index contributed by atoms with van der Waals surface area (Å²) in [4.78, 5) is 23.0. The maximum Gasteiger partial charge on any atom is 0.401 e. The molecule has 0 radical (unpaired) electrons. The van der Waals surface area contributed by atoms with E-state index in [9.17, 15) is 22.8 Å². The summed E-state index contributed by atoms with van der Waals surface area (Å²) in [6.07, 6.45) is -4.74. The molecule has 0 spiro atoms. The molecule has 0 saturated carbocycles. The summed E-state index contributed by atoms with van der Waals surface area (Å²) in [5, 5.41) is 11.3. The second-order valence-electron chi connectivity index (χ2n) is 5.60. The number of methoxy groups -OCH3 is 1. The van der Waals surface area contributed by atoms with Crippen molar-refractivity contribution in [3.05, 3.63) is 29.3 Å². The highest BCUT2D eigenvalue weighted by Gasteiger charge is 2.27. The number of hydrogen-bond acceptors (Lipinski definition) is 5. The molecule has 26 heavy (non-hydrogen) atoms. The van der Waals surface area contributed by atoms with Crippen LogP contribution in [0.2, 0.25) is 0 Å². The largest absolute Gasteiger partial charge is 0.497 e. The standard InChI is InChI=1S/C17H22F3NO5/c1-3-26-16(24)12(8-15(22)23)6-11-4-5-14(25-2)7-13(11)9-21-10-17(18,19)20/h4-5,7,12,21H,3,6,8-10H2,1-2H3,(H,22,23). The average Bonchev–Trinajstić information content (AvgIpc) is 2.54. The van der Waals surface area contributed by atoms with Gasteiger partial charge >= 0.3 is 18.1 Å². The first-order chi connectivity index (χ1) is 12.2. The lowest BCUT2D eigenvalue weighted by Crippen LogP contribution is -2.29. The highest BCUT2D eigenvalue weighted by Crippen LogP contribution is 2.23. The van der Waals surface area contributed by atoms with Crippen molar-refractivity contribution in [3.63, 3.8) is 0 Å². The van der Waals surface area contributed by atoms with E-state index in [1.165, 1.54) is 7.11 Å². The Bertz CT molecular complexity index is 619. The molecule has 0 heterocycles. The van der Waals surface area contributed by atoms with Gasteiger partial charge in [0.1, 0.15) is 5.75 Å². The number of rotatable bonds is 10. The number of nitrogens with one attached hydrogen (secondary N) is 1. The fraction of sp³-hybridized carbons (Fsp3) is 0.529. The van der Waals surface area contributed by atoms with Crippen LogP contribution in [0.5, 0.6) is 5.75 Å². The number of alkyl halides is 3. The lowest BCUT2D eigenvalue weighted by molar-refractivity contribution is -0.152. The molecule has 0 aliphatic carbocycles. The smallest absolute Gasteiger partial charge is 0.401 e. The molecule has 6 nitrogen and oxygen atoms in total. The van der Waals surface area contributed by atoms with Gasteiger partial charge in [-0.25, -0.2) is 0 Å². The van der Waals surface area contributed by atoms with Gasteiger partial charge in [-0.1, -0.05) is 6.07 Å². The monoisotopic (exact) mass is 377 g/mol. The van der Waals surface area contributed by atoms with E-state index in [0.717, 1.165) is 0 Å². The molecule has 1 aromatic rings. The number of ether oxygens (including phenoxy) is 2. The fourth-order valence-corrected chi connectivity index (χ4v) is 2.41. The van der Waals surface area contributed by atoms with Crippen LogP contribution in [0.15, 0.2) is 18.2 Å². The topological polar surface area (TPSA) is 84.9 Å². The maximum absolute atomic E-state index is 12.3. The van der Waals surface area contributed by atoms with E-state index in [2.05, 4.69) is 5.32 Å². The van der Waals surface area contributed by atoms with Gasteiger partial charge in [0.2, 0.25) is 0 Å². The number of benzene rings is 1. The molecule has 2 N–H and O–H groups in total. The molecule has 0 aromatic heterocycles. The van der Waals surface area contributed by atoms with Crippen molar-refractivity contribution in [2.24, 2.45) is 5.92 Å². The Morgan fingerprint density at radius 1 is 1.27 bits per heavy atom. The van der Waals surface area contributed by atoms with Crippen LogP contribution in [0.4, 0.5) is 13.2 Å². The summed E-state index contributed by atoms with van der Waals surface area (Å²) in [6.45, 7) is 0.446. The minimum absolute atomic E-state index is 0.0398. The van der Waals surface area contributed by atoms with Crippen molar-refractivity contribution >= 4 is 11.9 Å². The zero-order chi connectivity index (χ0) is 19.7. The zero-order valence-electron chi connectivity index (χ0n) is 14.6. The molecule has 0 bridgehead atoms. The van der Waals surface area contributed by atoms with E-state index in [0.29, 0.717) is 16.9 Å². The van der Waals surface area contributed by atoms with Crippen LogP contribution < -0.4 is 10.1 Å². The minimum Gasteiger partial charge on any atom is -0.497 e. The molecular formula is C17H22F3NO5. The van der Waals surface area contributed by atoms with Crippen molar-refractivity contribution in [2.45, 2.75) is 32.5 Å². The minimum atomic E-state index is -4.35. The van der Waals surface area contributed by atoms with Gasteiger partial charge in [0, 0.05) is 6.54 Å². The zero-order valence-corrected chi connectivity index (χ0v) is 14.6. The highest BCUT2D eigenvalue weighted by molar-refractivity contribution is 5.79. The van der Waals surface area contributed by atoms with Crippen LogP contribution in [0, 0.1) is 5.92 Å². The van der Waals surface area contributed by atoms with Crippen molar-refractivity contribution in [2.75, 3.05) is 20.3 Å². The van der Waals surface area contributed by atoms with Crippen molar-refractivity contribution in [1.29, 1.82) is 0 Å². The van der Waals surface area contributed by atoms with Crippen molar-refractivity contribution < 1.29 is 37.3 Å². The van der Waals surface area contributed by atoms with E-state index in [1.54, 1.807) is 25.1 Å². The van der Waals surface area contributed by atoms with Gasteiger partial charge in [-0.3, -0.25) is 9.59 Å². The summed E-state index contributed by atoms with van der Waals surface area (Å²) in [6, 6.07) is 4.77. The van der Waals surface area contributed by atoms with E-state index >= 15 is 0 Å². The Morgan fingerprint density at radius 2 is 1.96 bits per heavy atom. The predicted molar refractivity (Wildman–Crippen MR) is 86.8 cm³/mol. The first-order valence-electron chi connectivity index (χ1n) is 7.98. The summed E-state index contributed by atoms with van der Waals surface area (Å²) >= 11 is 0. The highest BCUT2D eigenvalue weighted by atomic mass is 19.4. The summed E-state index contributed by atoms with van der Waals surface area (Å²) in [5.74, 6) is -2.29. The van der Waals surface area contributed by atoms with Crippen LogP contribution in [-0.4, -0.2) is 43.5 Å². The third-order valence-electron chi connectivity index (χ3n) is 3.56. The number of carboxylic acid groups (broad SMARTS) is 1. The number of hydrogen-bond donors (Lipinski definition) is 2. The van der Waals surface area contributed by atoms with Crippen LogP contribution in [-0.2, 0) is 27.3 Å². The van der Waals surface area contributed by atoms with Crippen molar-refractivity contribution in [1.82, 2.24) is 5.32 Å². The third kappa shape index (κ3) is 7.73. The van der Waals surface area contributed by atoms with Gasteiger partial charge < -0.3 is 19.9 Å². The number of halogens is 3. The second kappa shape index (κ2) is 10.0. The molecule has 0 aliphatic heterocycles. The van der Waals surface area contributed by atoms with Gasteiger partial charge in [-0.05, 0) is 36.6 Å². The van der Waals surface area contributed by atoms with Crippen LogP contribution in [0.25, 0.3) is 0 Å². The van der Waals surface area contributed by atoms with E-state index in [-0.39, 0.29) is 19.6 Å². The van der Waals surface area contributed by atoms with Gasteiger partial charge in [0.25, 0.3) is 0 Å². The molecule has 1 unspecified atom stereocenters. The second-order valence-corrected chi connectivity index (χ2v) is 5.60. The van der Waals surface area contributed by atoms with Crippen molar-refractivity contribution in [3.8, 4) is 5.75 Å². The first-order valence-corrected chi connectivity index (χ1v) is 7.98. The number of esters is 1. The molecule has 0 fully saturated rings. The Labute approximate surface area is 149 Å². The lowest BCUT2D eigenvalue weighted by atomic mass is 9.93. The first kappa shape index (κ1) is 21.8. The van der Waals surface area contributed by atoms with Gasteiger partial charge in [0.15, 0.2) is 0 Å². The number of carbonyl (C=O) groups is 2. The van der Waals surface area contributed by atoms with Crippen LogP contribution >= 0.6 is 0 Å². The summed E-state index contributed by atoms with van der Waals surface area (Å²) in [7, 11) is 1.42. The normalized spacial score (nSPS) is 12.5. The molecule has 146 valence electrons. The Kier molecular flexibility index (Phi) is 8.37. The van der Waals surface area contributed by atoms with Gasteiger partial charge in [0.05, 0.1) is 32.6 Å². The average molecular weight is 377 g/mol. The number of aliphatic carboxylic acids is 1. The van der Waals surface area contributed by atoms with E-state index in [4.69, 9.17) is 14.6 Å². The SMILES string of the molecule is CCOC(=O)C(CC(=O)O)Cc1ccc(OC)cc1CNCC(F)(F)F. The Hall–Kier alpha value is -2.29. The predicted octanol–water partition coefficient (Wildman–Crippen LogP) is 2.54. The van der Waals surface area contributed by atoms with Crippen LogP contribution in [0.1, 0.15) is 24.5 Å². The molecule has 1 aromatic carbocycles. The number of carboxylic acids is 1. The quantitative estimate of drug-likeness (QED) is 0.610. The maximum atomic E-state index is 12.3. The summed E-state index contributed by atoms with van der Waals surface area (Å²) in [5.41, 5.74) is 1.05. The molecule has 1 atom stereocenters. The molecule has 9 heteroatoms. The molecule has 0 saturated heterocycles. The molecule has 0 amide bonds. The molecule has 0 aliphatic rings. The summed E-state index contributed by atoms with van der Waals surface area (Å²) < 4.78 is 47.0. The van der Waals surface area contributed by atoms with E-state index < -0.39 is 37.0 Å². The Morgan fingerprint density at radius 3 is 2.50 bits per heavy atom. The Balaban J connectivity index is 2.99. The fourth-order valence-electron chi connectivity index (χ4n) is 2.41. The van der Waals surface area contributed by atoms with Gasteiger partial charge in [-0.15, -0.1) is 0 Å². The van der Waals surface area contributed by atoms with Crippen LogP contribution in [0.3, 0.4) is 0 Å². The lowest BCUT2D eigenvalue weighted by Gasteiger charge is -2.17. The molecule has 1 rings (SSSR count). The number of carbonyl (C=O) groups excluding carboxylic acids is 1. The van der Waals surface area contributed by atoms with E-state index in [1.807, 2.05) is 0 Å². The van der Waals surface area contributed by atoms with Gasteiger partial charge in [-0.2, -0.15) is 13.2 Å². The molecular weight excluding hydrogens is 355 g/mol. The third-order valence-corrected chi connectivity index (χ3v) is 3.56.